The number of nitrogens with zero attached hydrogens (tertiary/aromatic N) is 1. The average molecular weight is 267 g/mol. The molecule has 0 atom stereocenters. The van der Waals surface area contributed by atoms with Crippen LogP contribution in [0.15, 0.2) is 42.5 Å². The molecule has 0 unspecified atom stereocenters. The second kappa shape index (κ2) is 6.39. The van der Waals surface area contributed by atoms with Crippen molar-refractivity contribution >= 4 is 6.29 Å². The van der Waals surface area contributed by atoms with Crippen molar-refractivity contribution in [2.45, 2.75) is 6.92 Å². The largest absolute Gasteiger partial charge is 0.494 e. The highest BCUT2D eigenvalue weighted by Crippen LogP contribution is 2.28. The molecular formula is C16H13NO3. The Morgan fingerprint density at radius 2 is 2.00 bits per heavy atom. The fraction of sp³-hybridized carbons (Fsp3) is 0.125. The number of aldehydes is 1. The van der Waals surface area contributed by atoms with E-state index in [1.54, 1.807) is 24.3 Å². The molecule has 0 aromatic heterocycles. The molecule has 0 spiro atoms. The Labute approximate surface area is 117 Å². The lowest BCUT2D eigenvalue weighted by Gasteiger charge is -2.09. The lowest BCUT2D eigenvalue weighted by molar-refractivity contribution is 0.112. The van der Waals surface area contributed by atoms with Crippen LogP contribution in [-0.4, -0.2) is 12.9 Å². The highest BCUT2D eigenvalue weighted by molar-refractivity contribution is 5.76. The summed E-state index contributed by atoms with van der Waals surface area (Å²) < 4.78 is 11.1. The summed E-state index contributed by atoms with van der Waals surface area (Å²) in [5, 5.41) is 9.08. The molecule has 4 nitrogen and oxygen atoms in total. The predicted molar refractivity (Wildman–Crippen MR) is 74.2 cm³/mol. The second-order valence-corrected chi connectivity index (χ2v) is 4.00. The minimum Gasteiger partial charge on any atom is -0.494 e. The summed E-state index contributed by atoms with van der Waals surface area (Å²) in [5.74, 6) is 1.69. The Morgan fingerprint density at radius 1 is 1.20 bits per heavy atom. The number of rotatable bonds is 5. The van der Waals surface area contributed by atoms with Crippen LogP contribution in [0.1, 0.15) is 22.8 Å². The van der Waals surface area contributed by atoms with Crippen LogP contribution in [0.3, 0.4) is 0 Å². The zero-order valence-corrected chi connectivity index (χ0v) is 11.0. The zero-order valence-electron chi connectivity index (χ0n) is 11.0. The van der Waals surface area contributed by atoms with Crippen LogP contribution >= 0.6 is 0 Å². The molecule has 0 heterocycles. The molecule has 0 fully saturated rings. The molecule has 0 radical (unpaired) electrons. The van der Waals surface area contributed by atoms with E-state index in [1.165, 1.54) is 6.07 Å². The number of hydrogen-bond acceptors (Lipinski definition) is 4. The highest BCUT2D eigenvalue weighted by atomic mass is 16.5. The quantitative estimate of drug-likeness (QED) is 0.777. The monoisotopic (exact) mass is 267 g/mol. The van der Waals surface area contributed by atoms with Gasteiger partial charge in [-0.25, -0.2) is 0 Å². The van der Waals surface area contributed by atoms with Gasteiger partial charge in [0.2, 0.25) is 0 Å². The third-order valence-electron chi connectivity index (χ3n) is 2.60. The van der Waals surface area contributed by atoms with E-state index >= 15 is 0 Å². The van der Waals surface area contributed by atoms with Gasteiger partial charge in [0.25, 0.3) is 0 Å². The van der Waals surface area contributed by atoms with Crippen LogP contribution in [0, 0.1) is 11.3 Å². The van der Waals surface area contributed by atoms with Gasteiger partial charge in [0.1, 0.15) is 29.6 Å². The van der Waals surface area contributed by atoms with Crippen molar-refractivity contribution in [3.05, 3.63) is 53.6 Å². The molecule has 2 aromatic rings. The number of hydrogen-bond donors (Lipinski definition) is 0. The summed E-state index contributed by atoms with van der Waals surface area (Å²) in [4.78, 5) is 10.7. The van der Waals surface area contributed by atoms with E-state index < -0.39 is 0 Å². The van der Waals surface area contributed by atoms with Gasteiger partial charge in [-0.3, -0.25) is 4.79 Å². The Hall–Kier alpha value is -2.80. The SMILES string of the molecule is CCOc1cccc(Oc2ccc(C=O)cc2C#N)c1. The summed E-state index contributed by atoms with van der Waals surface area (Å²) in [6, 6.07) is 13.9. The molecule has 0 aliphatic rings. The van der Waals surface area contributed by atoms with Crippen LogP contribution in [0.5, 0.6) is 17.2 Å². The molecule has 4 heteroatoms. The predicted octanol–water partition coefficient (Wildman–Crippen LogP) is 3.56. The molecule has 0 N–H and O–H groups in total. The summed E-state index contributed by atoms with van der Waals surface area (Å²) in [6.07, 6.45) is 0.695. The first kappa shape index (κ1) is 13.6. The van der Waals surface area contributed by atoms with Gasteiger partial charge >= 0.3 is 0 Å². The number of benzene rings is 2. The van der Waals surface area contributed by atoms with Crippen molar-refractivity contribution in [3.63, 3.8) is 0 Å². The maximum Gasteiger partial charge on any atom is 0.150 e. The summed E-state index contributed by atoms with van der Waals surface area (Å²) in [7, 11) is 0. The molecule has 2 aromatic carbocycles. The number of nitriles is 1. The Balaban J connectivity index is 2.28. The summed E-state index contributed by atoms with van der Waals surface area (Å²) in [6.45, 7) is 2.47. The number of ether oxygens (including phenoxy) is 2. The van der Waals surface area contributed by atoms with Gasteiger partial charge in [-0.05, 0) is 37.3 Å². The first-order valence-electron chi connectivity index (χ1n) is 6.17. The summed E-state index contributed by atoms with van der Waals surface area (Å²) in [5.41, 5.74) is 0.758. The fourth-order valence-electron chi connectivity index (χ4n) is 1.72. The lowest BCUT2D eigenvalue weighted by atomic mass is 10.1. The Morgan fingerprint density at radius 3 is 2.70 bits per heavy atom. The average Bonchev–Trinajstić information content (AvgIpc) is 2.48. The van der Waals surface area contributed by atoms with E-state index in [2.05, 4.69) is 0 Å². The molecule has 0 bridgehead atoms. The Kier molecular flexibility index (Phi) is 4.35. The van der Waals surface area contributed by atoms with Crippen molar-refractivity contribution in [1.29, 1.82) is 5.26 Å². The minimum atomic E-state index is 0.316. The van der Waals surface area contributed by atoms with Crippen LogP contribution < -0.4 is 9.47 Å². The van der Waals surface area contributed by atoms with Crippen molar-refractivity contribution in [1.82, 2.24) is 0 Å². The van der Waals surface area contributed by atoms with Crippen LogP contribution in [0.2, 0.25) is 0 Å². The minimum absolute atomic E-state index is 0.316. The van der Waals surface area contributed by atoms with Gasteiger partial charge in [0.05, 0.1) is 12.2 Å². The molecular weight excluding hydrogens is 254 g/mol. The van der Waals surface area contributed by atoms with E-state index in [-0.39, 0.29) is 0 Å². The van der Waals surface area contributed by atoms with Gasteiger partial charge < -0.3 is 9.47 Å². The second-order valence-electron chi connectivity index (χ2n) is 4.00. The number of carbonyl (C=O) groups is 1. The van der Waals surface area contributed by atoms with Crippen molar-refractivity contribution < 1.29 is 14.3 Å². The molecule has 2 rings (SSSR count). The molecule has 0 saturated carbocycles. The van der Waals surface area contributed by atoms with Crippen LogP contribution in [-0.2, 0) is 0 Å². The third-order valence-corrected chi connectivity index (χ3v) is 2.60. The maximum absolute atomic E-state index is 10.7. The van der Waals surface area contributed by atoms with E-state index in [0.29, 0.717) is 41.3 Å². The van der Waals surface area contributed by atoms with Crippen molar-refractivity contribution in [2.24, 2.45) is 0 Å². The standard InChI is InChI=1S/C16H13NO3/c1-2-19-14-4-3-5-15(9-14)20-16-7-6-12(11-18)8-13(16)10-17/h3-9,11H,2H2,1H3. The molecule has 20 heavy (non-hydrogen) atoms. The molecule has 100 valence electrons. The van der Waals surface area contributed by atoms with E-state index in [0.717, 1.165) is 0 Å². The van der Waals surface area contributed by atoms with E-state index in [1.807, 2.05) is 25.1 Å². The maximum atomic E-state index is 10.7. The van der Waals surface area contributed by atoms with Crippen molar-refractivity contribution in [3.8, 4) is 23.3 Å². The van der Waals surface area contributed by atoms with Crippen LogP contribution in [0.25, 0.3) is 0 Å². The smallest absolute Gasteiger partial charge is 0.150 e. The van der Waals surface area contributed by atoms with Gasteiger partial charge in [-0.15, -0.1) is 0 Å². The normalized spacial score (nSPS) is 9.60. The summed E-state index contributed by atoms with van der Waals surface area (Å²) >= 11 is 0. The molecule has 0 saturated heterocycles. The fourth-order valence-corrected chi connectivity index (χ4v) is 1.72. The van der Waals surface area contributed by atoms with Gasteiger partial charge in [-0.2, -0.15) is 5.26 Å². The first-order chi connectivity index (χ1) is 9.76. The van der Waals surface area contributed by atoms with E-state index in [9.17, 15) is 4.79 Å². The number of carbonyl (C=O) groups excluding carboxylic acids is 1. The van der Waals surface area contributed by atoms with Crippen LogP contribution in [0.4, 0.5) is 0 Å². The zero-order chi connectivity index (χ0) is 14.4. The van der Waals surface area contributed by atoms with Crippen molar-refractivity contribution in [2.75, 3.05) is 6.61 Å². The first-order valence-corrected chi connectivity index (χ1v) is 6.17. The molecule has 0 aliphatic carbocycles. The Bertz CT molecular complexity index is 659. The highest BCUT2D eigenvalue weighted by Gasteiger charge is 2.06. The molecule has 0 amide bonds. The molecule has 0 aliphatic heterocycles. The van der Waals surface area contributed by atoms with Gasteiger partial charge in [-0.1, -0.05) is 6.07 Å². The van der Waals surface area contributed by atoms with Gasteiger partial charge in [0.15, 0.2) is 0 Å². The van der Waals surface area contributed by atoms with Gasteiger partial charge in [0, 0.05) is 11.6 Å². The third kappa shape index (κ3) is 3.15. The lowest BCUT2D eigenvalue weighted by Crippen LogP contribution is -1.93. The van der Waals surface area contributed by atoms with E-state index in [4.69, 9.17) is 14.7 Å². The topological polar surface area (TPSA) is 59.3 Å².